The van der Waals surface area contributed by atoms with Crippen LogP contribution in [0.4, 0.5) is 5.82 Å². The lowest BCUT2D eigenvalue weighted by Gasteiger charge is -2.13. The minimum atomic E-state index is -0.321. The first-order valence-electron chi connectivity index (χ1n) is 9.91. The maximum absolute atomic E-state index is 12.5. The fourth-order valence-corrected chi connectivity index (χ4v) is 4.45. The summed E-state index contributed by atoms with van der Waals surface area (Å²) in [5, 5.41) is 0.368. The van der Waals surface area contributed by atoms with Crippen LogP contribution in [-0.2, 0) is 6.54 Å². The van der Waals surface area contributed by atoms with Gasteiger partial charge in [0.15, 0.2) is 16.6 Å². The molecule has 0 radical (unpaired) electrons. The van der Waals surface area contributed by atoms with E-state index in [9.17, 15) is 14.4 Å². The summed E-state index contributed by atoms with van der Waals surface area (Å²) in [7, 11) is 0. The van der Waals surface area contributed by atoms with Gasteiger partial charge in [-0.05, 0) is 17.7 Å². The number of hydrogen-bond acceptors (Lipinski definition) is 7. The molecular weight excluding hydrogens is 428 g/mol. The van der Waals surface area contributed by atoms with Crippen LogP contribution in [-0.4, -0.2) is 48.5 Å². The van der Waals surface area contributed by atoms with Gasteiger partial charge in [0.2, 0.25) is 0 Å². The molecule has 0 aliphatic carbocycles. The summed E-state index contributed by atoms with van der Waals surface area (Å²) >= 11 is 1.27. The lowest BCUT2D eigenvalue weighted by atomic mass is 10.1. The van der Waals surface area contributed by atoms with E-state index in [4.69, 9.17) is 5.73 Å². The quantitative estimate of drug-likeness (QED) is 0.264. The standard InChI is InChI=1S/C22H18N6O3S/c23-17-16-18(28(22(31)24-16)12-13-6-2-1-3-7-13)26-21(25-17)32-11-10-27-19(29)14-8-4-5-9-15(14)20(27)30/h1-9H,10-12H2,(H,24,31)(H2,23,25,26). The second-order valence-electron chi connectivity index (χ2n) is 7.25. The molecular formula is C22H18N6O3S. The van der Waals surface area contributed by atoms with Crippen LogP contribution in [0.1, 0.15) is 26.3 Å². The smallest absolute Gasteiger partial charge is 0.328 e. The number of amides is 2. The predicted molar refractivity (Wildman–Crippen MR) is 121 cm³/mol. The maximum atomic E-state index is 12.5. The normalized spacial score (nSPS) is 13.2. The zero-order chi connectivity index (χ0) is 22.2. The molecule has 1 aliphatic rings. The number of imide groups is 1. The second-order valence-corrected chi connectivity index (χ2v) is 8.31. The van der Waals surface area contributed by atoms with E-state index in [0.717, 1.165) is 5.56 Å². The van der Waals surface area contributed by atoms with Gasteiger partial charge in [-0.25, -0.2) is 14.8 Å². The molecule has 0 unspecified atom stereocenters. The molecule has 0 atom stereocenters. The van der Waals surface area contributed by atoms with Crippen LogP contribution in [0.15, 0.2) is 64.5 Å². The Morgan fingerprint density at radius 2 is 1.56 bits per heavy atom. The SMILES string of the molecule is Nc1nc(SCCN2C(=O)c3ccccc3C2=O)nc2c1[nH]c(=O)n2Cc1ccccc1. The number of imidazole rings is 1. The van der Waals surface area contributed by atoms with E-state index >= 15 is 0 Å². The summed E-state index contributed by atoms with van der Waals surface area (Å²) in [5.74, 6) is -0.0417. The lowest BCUT2D eigenvalue weighted by Crippen LogP contribution is -2.31. The van der Waals surface area contributed by atoms with Crippen molar-refractivity contribution in [2.24, 2.45) is 0 Å². The van der Waals surface area contributed by atoms with Crippen LogP contribution in [0.2, 0.25) is 0 Å². The number of aromatic nitrogens is 4. The number of H-pyrrole nitrogens is 1. The third-order valence-corrected chi connectivity index (χ3v) is 6.07. The van der Waals surface area contributed by atoms with Gasteiger partial charge < -0.3 is 10.7 Å². The molecule has 10 heteroatoms. The van der Waals surface area contributed by atoms with Crippen molar-refractivity contribution in [3.63, 3.8) is 0 Å². The number of rotatable bonds is 6. The average Bonchev–Trinajstić information content (AvgIpc) is 3.24. The van der Waals surface area contributed by atoms with E-state index in [0.29, 0.717) is 39.7 Å². The molecule has 9 nitrogen and oxygen atoms in total. The molecule has 32 heavy (non-hydrogen) atoms. The molecule has 1 aliphatic heterocycles. The van der Waals surface area contributed by atoms with E-state index in [1.165, 1.54) is 21.2 Å². The number of nitrogens with two attached hydrogens (primary N) is 1. The van der Waals surface area contributed by atoms with E-state index in [2.05, 4.69) is 15.0 Å². The molecule has 0 saturated heterocycles. The van der Waals surface area contributed by atoms with E-state index < -0.39 is 0 Å². The number of nitrogens with zero attached hydrogens (tertiary/aromatic N) is 4. The van der Waals surface area contributed by atoms with Gasteiger partial charge in [0.1, 0.15) is 5.52 Å². The second kappa shape index (κ2) is 7.97. The summed E-state index contributed by atoms with van der Waals surface area (Å²) < 4.78 is 1.51. The first-order chi connectivity index (χ1) is 15.5. The van der Waals surface area contributed by atoms with Crippen molar-refractivity contribution in [3.8, 4) is 0 Å². The molecule has 5 rings (SSSR count). The van der Waals surface area contributed by atoms with Gasteiger partial charge in [0.05, 0.1) is 17.7 Å². The number of hydrogen-bond donors (Lipinski definition) is 2. The zero-order valence-electron chi connectivity index (χ0n) is 16.8. The number of benzene rings is 2. The Kier molecular flexibility index (Phi) is 4.98. The summed E-state index contributed by atoms with van der Waals surface area (Å²) in [5.41, 5.74) is 8.32. The van der Waals surface area contributed by atoms with Gasteiger partial charge in [-0.1, -0.05) is 54.2 Å². The summed E-state index contributed by atoms with van der Waals surface area (Å²) in [6.07, 6.45) is 0. The number of nitrogens with one attached hydrogen (secondary N) is 1. The van der Waals surface area contributed by atoms with Gasteiger partial charge in [-0.3, -0.25) is 19.1 Å². The van der Waals surface area contributed by atoms with Crippen LogP contribution in [0.25, 0.3) is 11.2 Å². The molecule has 0 fully saturated rings. The molecule has 0 spiro atoms. The Labute approximate surface area is 186 Å². The van der Waals surface area contributed by atoms with Crippen molar-refractivity contribution < 1.29 is 9.59 Å². The Morgan fingerprint density at radius 3 is 2.25 bits per heavy atom. The number of fused-ring (bicyclic) bond motifs is 2. The largest absolute Gasteiger partial charge is 0.382 e. The summed E-state index contributed by atoms with van der Waals surface area (Å²) in [6, 6.07) is 16.3. The fourth-order valence-electron chi connectivity index (χ4n) is 3.68. The fraction of sp³-hybridized carbons (Fsp3) is 0.136. The molecule has 160 valence electrons. The molecule has 3 heterocycles. The predicted octanol–water partition coefficient (Wildman–Crippen LogP) is 2.14. The highest BCUT2D eigenvalue weighted by Crippen LogP contribution is 2.25. The van der Waals surface area contributed by atoms with Crippen molar-refractivity contribution in [1.82, 2.24) is 24.4 Å². The average molecular weight is 446 g/mol. The Morgan fingerprint density at radius 1 is 0.906 bits per heavy atom. The third-order valence-electron chi connectivity index (χ3n) is 5.24. The number of carbonyl (C=O) groups excluding carboxylic acids is 2. The van der Waals surface area contributed by atoms with Gasteiger partial charge in [-0.15, -0.1) is 0 Å². The van der Waals surface area contributed by atoms with Crippen LogP contribution in [0.3, 0.4) is 0 Å². The number of carbonyl (C=O) groups is 2. The van der Waals surface area contributed by atoms with Crippen molar-refractivity contribution in [3.05, 3.63) is 81.8 Å². The molecule has 3 N–H and O–H groups in total. The first kappa shape index (κ1) is 20.0. The highest BCUT2D eigenvalue weighted by Gasteiger charge is 2.34. The van der Waals surface area contributed by atoms with Crippen molar-refractivity contribution in [1.29, 1.82) is 0 Å². The Hall–Kier alpha value is -3.92. The number of aromatic amines is 1. The van der Waals surface area contributed by atoms with Gasteiger partial charge >= 0.3 is 5.69 Å². The van der Waals surface area contributed by atoms with Crippen molar-refractivity contribution >= 4 is 40.6 Å². The number of thioether (sulfide) groups is 1. The van der Waals surface area contributed by atoms with Crippen molar-refractivity contribution in [2.45, 2.75) is 11.7 Å². The van der Waals surface area contributed by atoms with E-state index in [-0.39, 0.29) is 29.9 Å². The van der Waals surface area contributed by atoms with E-state index in [1.54, 1.807) is 24.3 Å². The van der Waals surface area contributed by atoms with Crippen LogP contribution >= 0.6 is 11.8 Å². The van der Waals surface area contributed by atoms with Gasteiger partial charge in [0.25, 0.3) is 11.8 Å². The zero-order valence-corrected chi connectivity index (χ0v) is 17.6. The molecule has 2 amide bonds. The minimum Gasteiger partial charge on any atom is -0.382 e. The third kappa shape index (κ3) is 3.44. The summed E-state index contributed by atoms with van der Waals surface area (Å²) in [6.45, 7) is 0.553. The molecule has 0 bridgehead atoms. The molecule has 2 aromatic heterocycles. The molecule has 0 saturated carbocycles. The highest BCUT2D eigenvalue weighted by atomic mass is 32.2. The van der Waals surface area contributed by atoms with E-state index in [1.807, 2.05) is 30.3 Å². The molecule has 4 aromatic rings. The topological polar surface area (TPSA) is 127 Å². The minimum absolute atomic E-state index is 0.169. The highest BCUT2D eigenvalue weighted by molar-refractivity contribution is 7.99. The molecule has 2 aromatic carbocycles. The number of anilines is 1. The summed E-state index contributed by atoms with van der Waals surface area (Å²) in [4.78, 5) is 50.2. The Balaban J connectivity index is 1.35. The van der Waals surface area contributed by atoms with Gasteiger partial charge in [-0.2, -0.15) is 0 Å². The lowest BCUT2D eigenvalue weighted by molar-refractivity contribution is 0.0664. The van der Waals surface area contributed by atoms with Crippen molar-refractivity contribution in [2.75, 3.05) is 18.0 Å². The number of nitrogen functional groups attached to an aromatic ring is 1. The monoisotopic (exact) mass is 446 g/mol. The maximum Gasteiger partial charge on any atom is 0.328 e. The van der Waals surface area contributed by atoms with Crippen LogP contribution < -0.4 is 11.4 Å². The Bertz CT molecular complexity index is 1380. The van der Waals surface area contributed by atoms with Crippen LogP contribution in [0.5, 0.6) is 0 Å². The van der Waals surface area contributed by atoms with Gasteiger partial charge in [0, 0.05) is 12.3 Å². The first-order valence-corrected chi connectivity index (χ1v) is 10.9. The van der Waals surface area contributed by atoms with Crippen LogP contribution in [0, 0.1) is 0 Å².